The summed E-state index contributed by atoms with van der Waals surface area (Å²) in [6.45, 7) is 2.19. The molecule has 0 unspecified atom stereocenters. The second kappa shape index (κ2) is 4.65. The summed E-state index contributed by atoms with van der Waals surface area (Å²) in [5.74, 6) is 1.55. The number of rotatable bonds is 5. The van der Waals surface area contributed by atoms with Gasteiger partial charge in [0.05, 0.1) is 0 Å². The third-order valence-corrected chi connectivity index (χ3v) is 3.52. The molecule has 1 aliphatic rings. The first-order valence-corrected chi connectivity index (χ1v) is 6.64. The van der Waals surface area contributed by atoms with E-state index < -0.39 is 0 Å². The van der Waals surface area contributed by atoms with Crippen molar-refractivity contribution in [1.82, 2.24) is 0 Å². The van der Waals surface area contributed by atoms with E-state index in [0.29, 0.717) is 11.8 Å². The minimum Gasteiger partial charge on any atom is -0.459 e. The molecule has 2 N–H and O–H groups in total. The van der Waals surface area contributed by atoms with Crippen molar-refractivity contribution in [2.75, 3.05) is 5.32 Å². The molecule has 1 fully saturated rings. The van der Waals surface area contributed by atoms with Crippen LogP contribution in [0.1, 0.15) is 31.9 Å². The second-order valence-electron chi connectivity index (χ2n) is 5.35. The molecule has 96 valence electrons. The highest BCUT2D eigenvalue weighted by molar-refractivity contribution is 5.81. The largest absolute Gasteiger partial charge is 0.459 e. The van der Waals surface area contributed by atoms with Crippen molar-refractivity contribution in [2.45, 2.75) is 38.8 Å². The Balaban J connectivity index is 1.74. The van der Waals surface area contributed by atoms with Crippen molar-refractivity contribution < 1.29 is 9.52 Å². The third kappa shape index (κ3) is 2.51. The van der Waals surface area contributed by atoms with Crippen molar-refractivity contribution in [3.63, 3.8) is 0 Å². The topological polar surface area (TPSA) is 45.4 Å². The van der Waals surface area contributed by atoms with Gasteiger partial charge in [0.25, 0.3) is 0 Å². The smallest absolute Gasteiger partial charge is 0.134 e. The molecular weight excluding hydrogens is 226 g/mol. The summed E-state index contributed by atoms with van der Waals surface area (Å²) in [7, 11) is 0. The van der Waals surface area contributed by atoms with Crippen LogP contribution in [0.5, 0.6) is 0 Å². The van der Waals surface area contributed by atoms with Gasteiger partial charge in [0, 0.05) is 17.1 Å². The van der Waals surface area contributed by atoms with E-state index in [1.807, 2.05) is 18.2 Å². The maximum absolute atomic E-state index is 9.05. The van der Waals surface area contributed by atoms with Gasteiger partial charge in [-0.05, 0) is 43.5 Å². The van der Waals surface area contributed by atoms with Crippen molar-refractivity contribution in [1.29, 1.82) is 0 Å². The number of nitrogens with one attached hydrogen (secondary N) is 1. The Morgan fingerprint density at radius 3 is 2.94 bits per heavy atom. The molecule has 3 rings (SSSR count). The summed E-state index contributed by atoms with van der Waals surface area (Å²) in [6.07, 6.45) is 4.05. The van der Waals surface area contributed by atoms with Gasteiger partial charge in [0.15, 0.2) is 0 Å². The molecule has 0 amide bonds. The summed E-state index contributed by atoms with van der Waals surface area (Å²) in [5.41, 5.74) is 1.96. The number of aliphatic hydroxyl groups excluding tert-OH is 1. The van der Waals surface area contributed by atoms with Gasteiger partial charge < -0.3 is 14.8 Å². The zero-order valence-corrected chi connectivity index (χ0v) is 10.6. The molecule has 0 aliphatic heterocycles. The summed E-state index contributed by atoms with van der Waals surface area (Å²) >= 11 is 0. The lowest BCUT2D eigenvalue weighted by Crippen LogP contribution is -2.15. The fraction of sp³-hybridized carbons (Fsp3) is 0.467. The second-order valence-corrected chi connectivity index (χ2v) is 5.35. The molecule has 0 bridgehead atoms. The van der Waals surface area contributed by atoms with Gasteiger partial charge in [-0.3, -0.25) is 0 Å². The Hall–Kier alpha value is -1.48. The van der Waals surface area contributed by atoms with Crippen LogP contribution in [0.3, 0.4) is 0 Å². The van der Waals surface area contributed by atoms with Gasteiger partial charge in [-0.1, -0.05) is 12.8 Å². The van der Waals surface area contributed by atoms with Crippen molar-refractivity contribution in [2.24, 2.45) is 5.92 Å². The Bertz CT molecular complexity index is 542. The van der Waals surface area contributed by atoms with E-state index in [0.717, 1.165) is 22.6 Å². The third-order valence-electron chi connectivity index (χ3n) is 3.52. The van der Waals surface area contributed by atoms with Crippen molar-refractivity contribution >= 4 is 16.7 Å². The highest BCUT2D eigenvalue weighted by Crippen LogP contribution is 2.34. The zero-order chi connectivity index (χ0) is 12.5. The number of hydrogen-bond acceptors (Lipinski definition) is 3. The van der Waals surface area contributed by atoms with Gasteiger partial charge in [-0.25, -0.2) is 0 Å². The molecular formula is C15H19NO2. The number of hydrogen-bond donors (Lipinski definition) is 2. The standard InChI is InChI=1S/C15H19NO2/c1-10(6-11-2-3-11)16-13-4-5-15-12(7-13)8-14(9-17)18-15/h4-5,7-8,10-11,16-17H,2-3,6,9H2,1H3/t10-/m0/s1. The minimum atomic E-state index is -0.0461. The van der Waals surface area contributed by atoms with Crippen LogP contribution < -0.4 is 5.32 Å². The van der Waals surface area contributed by atoms with Crippen LogP contribution in [0.15, 0.2) is 28.7 Å². The van der Waals surface area contributed by atoms with E-state index in [9.17, 15) is 0 Å². The predicted octanol–water partition coefficient (Wildman–Crippen LogP) is 3.53. The quantitative estimate of drug-likeness (QED) is 0.847. The molecule has 3 heteroatoms. The maximum Gasteiger partial charge on any atom is 0.134 e. The van der Waals surface area contributed by atoms with E-state index >= 15 is 0 Å². The van der Waals surface area contributed by atoms with Gasteiger partial charge in [-0.2, -0.15) is 0 Å². The lowest BCUT2D eigenvalue weighted by molar-refractivity contribution is 0.251. The van der Waals surface area contributed by atoms with Crippen LogP contribution in [0.25, 0.3) is 11.0 Å². The maximum atomic E-state index is 9.05. The van der Waals surface area contributed by atoms with E-state index in [1.165, 1.54) is 19.3 Å². The molecule has 1 aromatic carbocycles. The van der Waals surface area contributed by atoms with Crippen LogP contribution in [-0.4, -0.2) is 11.1 Å². The number of furan rings is 1. The van der Waals surface area contributed by atoms with Gasteiger partial charge in [0.2, 0.25) is 0 Å². The molecule has 1 heterocycles. The van der Waals surface area contributed by atoms with Crippen molar-refractivity contribution in [3.8, 4) is 0 Å². The highest BCUT2D eigenvalue weighted by Gasteiger charge is 2.23. The van der Waals surface area contributed by atoms with Crippen molar-refractivity contribution in [3.05, 3.63) is 30.0 Å². The average molecular weight is 245 g/mol. The molecule has 1 saturated carbocycles. The lowest BCUT2D eigenvalue weighted by Gasteiger charge is -2.14. The molecule has 18 heavy (non-hydrogen) atoms. The zero-order valence-electron chi connectivity index (χ0n) is 10.6. The van der Waals surface area contributed by atoms with Crippen LogP contribution in [0.4, 0.5) is 5.69 Å². The van der Waals surface area contributed by atoms with Crippen LogP contribution >= 0.6 is 0 Å². The Labute approximate surface area is 107 Å². The Kier molecular flexibility index (Phi) is 3.00. The number of fused-ring (bicyclic) bond motifs is 1. The molecule has 2 aromatic rings. The fourth-order valence-corrected chi connectivity index (χ4v) is 2.46. The van der Waals surface area contributed by atoms with E-state index in [1.54, 1.807) is 0 Å². The summed E-state index contributed by atoms with van der Waals surface area (Å²) in [4.78, 5) is 0. The molecule has 0 radical (unpaired) electrons. The van der Waals surface area contributed by atoms with Gasteiger partial charge in [0.1, 0.15) is 18.0 Å². The van der Waals surface area contributed by atoms with Crippen LogP contribution in [0, 0.1) is 5.92 Å². The highest BCUT2D eigenvalue weighted by atomic mass is 16.4. The van der Waals surface area contributed by atoms with Crippen LogP contribution in [-0.2, 0) is 6.61 Å². The fourth-order valence-electron chi connectivity index (χ4n) is 2.46. The molecule has 0 saturated heterocycles. The summed E-state index contributed by atoms with van der Waals surface area (Å²) in [5, 5.41) is 13.6. The molecule has 1 atom stereocenters. The number of aliphatic hydroxyl groups is 1. The monoisotopic (exact) mass is 245 g/mol. The van der Waals surface area contributed by atoms with Gasteiger partial charge >= 0.3 is 0 Å². The minimum absolute atomic E-state index is 0.0461. The molecule has 1 aromatic heterocycles. The predicted molar refractivity (Wildman–Crippen MR) is 72.6 cm³/mol. The summed E-state index contributed by atoms with van der Waals surface area (Å²) < 4.78 is 5.47. The lowest BCUT2D eigenvalue weighted by atomic mass is 10.1. The summed E-state index contributed by atoms with van der Waals surface area (Å²) in [6, 6.07) is 8.49. The van der Waals surface area contributed by atoms with Gasteiger partial charge in [-0.15, -0.1) is 0 Å². The SMILES string of the molecule is C[C@@H](CC1CC1)Nc1ccc2oc(CO)cc2c1. The van der Waals surface area contributed by atoms with E-state index in [2.05, 4.69) is 18.3 Å². The Morgan fingerprint density at radius 2 is 2.22 bits per heavy atom. The number of anilines is 1. The molecule has 3 nitrogen and oxygen atoms in total. The van der Waals surface area contributed by atoms with E-state index in [-0.39, 0.29) is 6.61 Å². The molecule has 0 spiro atoms. The first-order chi connectivity index (χ1) is 8.74. The first-order valence-electron chi connectivity index (χ1n) is 6.64. The van der Waals surface area contributed by atoms with Crippen LogP contribution in [0.2, 0.25) is 0 Å². The average Bonchev–Trinajstić information content (AvgIpc) is 3.06. The number of benzene rings is 1. The first kappa shape index (κ1) is 11.6. The van der Waals surface area contributed by atoms with E-state index in [4.69, 9.17) is 9.52 Å². The normalized spacial score (nSPS) is 17.0. The molecule has 1 aliphatic carbocycles. The Morgan fingerprint density at radius 1 is 1.39 bits per heavy atom.